The molecule has 1 heterocycles. The molecule has 0 aliphatic carbocycles. The summed E-state index contributed by atoms with van der Waals surface area (Å²) in [4.78, 5) is 0. The van der Waals surface area contributed by atoms with Gasteiger partial charge < -0.3 is 38.3 Å². The SMILES string of the molecule is COc1ccc2c(OCCOCCOCCOCC3CO3)c3cc(OC)ccc3c(O)c2c1. The minimum atomic E-state index is 0.177. The summed E-state index contributed by atoms with van der Waals surface area (Å²) in [6.07, 6.45) is 0.277. The maximum absolute atomic E-state index is 10.9. The molecule has 1 atom stereocenters. The van der Waals surface area contributed by atoms with E-state index in [0.717, 1.165) is 17.4 Å². The van der Waals surface area contributed by atoms with Crippen LogP contribution in [-0.4, -0.2) is 78.3 Å². The number of phenols is 1. The predicted molar refractivity (Wildman–Crippen MR) is 124 cm³/mol. The Hall–Kier alpha value is -2.78. The fourth-order valence-corrected chi connectivity index (χ4v) is 3.56. The summed E-state index contributed by atoms with van der Waals surface area (Å²) in [6.45, 7) is 4.24. The van der Waals surface area contributed by atoms with Crippen LogP contribution in [0.4, 0.5) is 0 Å². The van der Waals surface area contributed by atoms with Crippen molar-refractivity contribution >= 4 is 21.5 Å². The van der Waals surface area contributed by atoms with E-state index in [1.807, 2.05) is 30.3 Å². The number of fused-ring (bicyclic) bond motifs is 2. The van der Waals surface area contributed by atoms with Crippen LogP contribution in [-0.2, 0) is 18.9 Å². The van der Waals surface area contributed by atoms with Crippen molar-refractivity contribution in [1.29, 1.82) is 0 Å². The number of methoxy groups -OCH3 is 2. The zero-order valence-electron chi connectivity index (χ0n) is 19.0. The normalized spacial score (nSPS) is 15.2. The topological polar surface area (TPSA) is 88.1 Å². The van der Waals surface area contributed by atoms with Gasteiger partial charge in [-0.05, 0) is 36.4 Å². The van der Waals surface area contributed by atoms with Gasteiger partial charge in [-0.2, -0.15) is 0 Å². The zero-order valence-corrected chi connectivity index (χ0v) is 19.0. The summed E-state index contributed by atoms with van der Waals surface area (Å²) in [6, 6.07) is 11.0. The molecule has 1 unspecified atom stereocenters. The summed E-state index contributed by atoms with van der Waals surface area (Å²) in [7, 11) is 3.20. The molecule has 4 rings (SSSR count). The van der Waals surface area contributed by atoms with Gasteiger partial charge in [-0.15, -0.1) is 0 Å². The average molecular weight is 459 g/mol. The van der Waals surface area contributed by atoms with Crippen LogP contribution in [0.3, 0.4) is 0 Å². The van der Waals surface area contributed by atoms with Crippen LogP contribution < -0.4 is 14.2 Å². The van der Waals surface area contributed by atoms with Gasteiger partial charge in [0.15, 0.2) is 0 Å². The van der Waals surface area contributed by atoms with Gasteiger partial charge in [0.05, 0.1) is 60.5 Å². The summed E-state index contributed by atoms with van der Waals surface area (Å²) in [5.41, 5.74) is 0. The Kier molecular flexibility index (Phi) is 8.06. The number of aromatic hydroxyl groups is 1. The van der Waals surface area contributed by atoms with Crippen molar-refractivity contribution in [2.24, 2.45) is 0 Å². The van der Waals surface area contributed by atoms with E-state index in [0.29, 0.717) is 74.3 Å². The second-order valence-electron chi connectivity index (χ2n) is 7.60. The van der Waals surface area contributed by atoms with Gasteiger partial charge in [-0.3, -0.25) is 0 Å². The number of ether oxygens (including phenoxy) is 7. The number of hydrogen-bond donors (Lipinski definition) is 1. The maximum atomic E-state index is 10.9. The van der Waals surface area contributed by atoms with Gasteiger partial charge in [-0.25, -0.2) is 0 Å². The van der Waals surface area contributed by atoms with E-state index >= 15 is 0 Å². The van der Waals surface area contributed by atoms with Gasteiger partial charge in [0.1, 0.15) is 35.7 Å². The highest BCUT2D eigenvalue weighted by atomic mass is 16.6. The van der Waals surface area contributed by atoms with Crippen molar-refractivity contribution < 1.29 is 38.3 Å². The molecule has 1 fully saturated rings. The van der Waals surface area contributed by atoms with Crippen LogP contribution in [0.15, 0.2) is 36.4 Å². The lowest BCUT2D eigenvalue weighted by atomic mass is 10.00. The first kappa shape index (κ1) is 23.4. The molecule has 1 saturated heterocycles. The van der Waals surface area contributed by atoms with Crippen molar-refractivity contribution in [1.82, 2.24) is 0 Å². The van der Waals surface area contributed by atoms with E-state index in [1.54, 1.807) is 20.3 Å². The fraction of sp³-hybridized carbons (Fsp3) is 0.440. The molecular formula is C25H30O8. The number of epoxide rings is 1. The van der Waals surface area contributed by atoms with Crippen LogP contribution in [0, 0.1) is 0 Å². The molecule has 0 saturated carbocycles. The molecule has 8 nitrogen and oxygen atoms in total. The lowest BCUT2D eigenvalue weighted by Crippen LogP contribution is -2.13. The van der Waals surface area contributed by atoms with Gasteiger partial charge in [0, 0.05) is 21.5 Å². The van der Waals surface area contributed by atoms with Crippen molar-refractivity contribution in [2.45, 2.75) is 6.10 Å². The van der Waals surface area contributed by atoms with Crippen LogP contribution in [0.1, 0.15) is 0 Å². The first-order chi connectivity index (χ1) is 16.2. The number of hydrogen-bond acceptors (Lipinski definition) is 8. The first-order valence-electron chi connectivity index (χ1n) is 11.0. The third-order valence-electron chi connectivity index (χ3n) is 5.38. The maximum Gasteiger partial charge on any atom is 0.135 e. The van der Waals surface area contributed by atoms with Crippen molar-refractivity contribution in [3.05, 3.63) is 36.4 Å². The molecule has 0 aromatic heterocycles. The van der Waals surface area contributed by atoms with Crippen LogP contribution in [0.5, 0.6) is 23.0 Å². The fourth-order valence-electron chi connectivity index (χ4n) is 3.56. The predicted octanol–water partition coefficient (Wildman–Crippen LogP) is 3.54. The molecule has 3 aromatic rings. The molecule has 33 heavy (non-hydrogen) atoms. The van der Waals surface area contributed by atoms with Gasteiger partial charge in [-0.1, -0.05) is 0 Å². The monoisotopic (exact) mass is 458 g/mol. The summed E-state index contributed by atoms with van der Waals surface area (Å²) in [5.74, 6) is 2.18. The molecule has 1 aliphatic rings. The van der Waals surface area contributed by atoms with E-state index < -0.39 is 0 Å². The highest BCUT2D eigenvalue weighted by Crippen LogP contribution is 2.44. The highest BCUT2D eigenvalue weighted by molar-refractivity contribution is 6.11. The van der Waals surface area contributed by atoms with Crippen LogP contribution in [0.2, 0.25) is 0 Å². The molecule has 0 amide bonds. The van der Waals surface area contributed by atoms with Crippen LogP contribution in [0.25, 0.3) is 21.5 Å². The van der Waals surface area contributed by atoms with Gasteiger partial charge >= 0.3 is 0 Å². The molecule has 8 heteroatoms. The quantitative estimate of drug-likeness (QED) is 0.223. The molecule has 3 aromatic carbocycles. The van der Waals surface area contributed by atoms with E-state index in [2.05, 4.69) is 0 Å². The molecule has 1 N–H and O–H groups in total. The second kappa shape index (κ2) is 11.4. The summed E-state index contributed by atoms with van der Waals surface area (Å²) in [5, 5.41) is 13.8. The van der Waals surface area contributed by atoms with Crippen molar-refractivity contribution in [3.63, 3.8) is 0 Å². The number of benzene rings is 3. The first-order valence-corrected chi connectivity index (χ1v) is 11.0. The molecule has 0 radical (unpaired) electrons. The van der Waals surface area contributed by atoms with E-state index in [4.69, 9.17) is 33.2 Å². The zero-order chi connectivity index (χ0) is 23.0. The molecule has 0 bridgehead atoms. The van der Waals surface area contributed by atoms with E-state index in [-0.39, 0.29) is 11.9 Å². The highest BCUT2D eigenvalue weighted by Gasteiger charge is 2.22. The lowest BCUT2D eigenvalue weighted by molar-refractivity contribution is 0.00722. The molecular weight excluding hydrogens is 428 g/mol. The minimum Gasteiger partial charge on any atom is -0.507 e. The second-order valence-corrected chi connectivity index (χ2v) is 7.60. The Morgan fingerprint density at radius 3 is 1.97 bits per heavy atom. The molecule has 0 spiro atoms. The molecule has 178 valence electrons. The average Bonchev–Trinajstić information content (AvgIpc) is 3.68. The number of rotatable bonds is 14. The van der Waals surface area contributed by atoms with Crippen LogP contribution >= 0.6 is 0 Å². The Balaban J connectivity index is 1.35. The van der Waals surface area contributed by atoms with Crippen molar-refractivity contribution in [3.8, 4) is 23.0 Å². The molecule has 1 aliphatic heterocycles. The number of phenolic OH excluding ortho intramolecular Hbond substituents is 1. The smallest absolute Gasteiger partial charge is 0.135 e. The Labute approximate surface area is 192 Å². The van der Waals surface area contributed by atoms with Gasteiger partial charge in [0.25, 0.3) is 0 Å². The lowest BCUT2D eigenvalue weighted by Gasteiger charge is -2.16. The Bertz CT molecular complexity index is 1060. The van der Waals surface area contributed by atoms with Gasteiger partial charge in [0.2, 0.25) is 0 Å². The summed E-state index contributed by atoms with van der Waals surface area (Å²) < 4.78 is 38.5. The minimum absolute atomic E-state index is 0.177. The standard InChI is InChI=1S/C25H30O8/c1-27-17-4-6-21-22(13-17)24(26)20-5-3-18(28-2)14-23(20)25(21)32-12-11-30-8-7-29-9-10-31-15-19-16-33-19/h3-6,13-14,19,26H,7-12,15-16H2,1-2H3. The largest absolute Gasteiger partial charge is 0.507 e. The Morgan fingerprint density at radius 1 is 0.758 bits per heavy atom. The van der Waals surface area contributed by atoms with E-state index in [9.17, 15) is 5.11 Å². The van der Waals surface area contributed by atoms with E-state index in [1.165, 1.54) is 0 Å². The third kappa shape index (κ3) is 5.97. The van der Waals surface area contributed by atoms with Crippen molar-refractivity contribution in [2.75, 3.05) is 67.1 Å². The Morgan fingerprint density at radius 2 is 1.33 bits per heavy atom. The summed E-state index contributed by atoms with van der Waals surface area (Å²) >= 11 is 0. The third-order valence-corrected chi connectivity index (χ3v) is 5.38.